The standard InChI is InChI=1S/C12H7F2N5OS/c13-5-1-2-8(7(14)3-5)21-12-17-9(10(15)20)6-4-16-19-11(6)18-12/h1-4H,(H2,15,20)(H,16,17,18,19). The molecule has 0 atom stereocenters. The predicted octanol–water partition coefficient (Wildman–Crippen LogP) is 1.88. The number of aromatic amines is 1. The molecule has 0 bridgehead atoms. The molecule has 3 rings (SSSR count). The van der Waals surface area contributed by atoms with Gasteiger partial charge in [0.15, 0.2) is 10.8 Å². The largest absolute Gasteiger partial charge is 0.364 e. The van der Waals surface area contributed by atoms with Gasteiger partial charge in [-0.2, -0.15) is 5.10 Å². The van der Waals surface area contributed by atoms with Crippen LogP contribution in [-0.2, 0) is 0 Å². The molecular weight excluding hydrogens is 300 g/mol. The molecule has 1 aromatic carbocycles. The molecule has 6 nitrogen and oxygen atoms in total. The van der Waals surface area contributed by atoms with Gasteiger partial charge in [0.05, 0.1) is 16.5 Å². The fourth-order valence-corrected chi connectivity index (χ4v) is 2.47. The Balaban J connectivity index is 2.06. The first kappa shape index (κ1) is 13.4. The van der Waals surface area contributed by atoms with Crippen molar-refractivity contribution < 1.29 is 13.6 Å². The number of benzene rings is 1. The van der Waals surface area contributed by atoms with Crippen LogP contribution in [0.4, 0.5) is 8.78 Å². The van der Waals surface area contributed by atoms with Crippen LogP contribution in [0.15, 0.2) is 34.4 Å². The van der Waals surface area contributed by atoms with Crippen molar-refractivity contribution in [2.24, 2.45) is 5.73 Å². The number of nitrogens with one attached hydrogen (secondary N) is 1. The van der Waals surface area contributed by atoms with Gasteiger partial charge in [-0.05, 0) is 23.9 Å². The third kappa shape index (κ3) is 2.55. The zero-order valence-electron chi connectivity index (χ0n) is 10.3. The van der Waals surface area contributed by atoms with Gasteiger partial charge in [0, 0.05) is 6.07 Å². The number of rotatable bonds is 3. The summed E-state index contributed by atoms with van der Waals surface area (Å²) >= 11 is 0.853. The Hall–Kier alpha value is -2.55. The summed E-state index contributed by atoms with van der Waals surface area (Å²) in [4.78, 5) is 19.6. The summed E-state index contributed by atoms with van der Waals surface area (Å²) in [6.07, 6.45) is 1.38. The van der Waals surface area contributed by atoms with E-state index >= 15 is 0 Å². The first-order valence-electron chi connectivity index (χ1n) is 5.68. The van der Waals surface area contributed by atoms with Gasteiger partial charge >= 0.3 is 0 Å². The molecule has 0 aliphatic rings. The van der Waals surface area contributed by atoms with Gasteiger partial charge in [-0.3, -0.25) is 9.89 Å². The van der Waals surface area contributed by atoms with Crippen molar-refractivity contribution in [3.8, 4) is 0 Å². The zero-order valence-corrected chi connectivity index (χ0v) is 11.1. The Labute approximate surface area is 120 Å². The van der Waals surface area contributed by atoms with Crippen molar-refractivity contribution in [3.63, 3.8) is 0 Å². The predicted molar refractivity (Wildman–Crippen MR) is 70.7 cm³/mol. The summed E-state index contributed by atoms with van der Waals surface area (Å²) in [6, 6.07) is 3.14. The van der Waals surface area contributed by atoms with Crippen LogP contribution in [0, 0.1) is 11.6 Å². The summed E-state index contributed by atoms with van der Waals surface area (Å²) in [6.45, 7) is 0. The van der Waals surface area contributed by atoms with E-state index in [4.69, 9.17) is 5.73 Å². The molecule has 1 amide bonds. The average molecular weight is 307 g/mol. The second kappa shape index (κ2) is 5.09. The van der Waals surface area contributed by atoms with Crippen LogP contribution in [-0.4, -0.2) is 26.1 Å². The summed E-state index contributed by atoms with van der Waals surface area (Å²) < 4.78 is 26.5. The number of halogens is 2. The number of H-pyrrole nitrogens is 1. The number of carbonyl (C=O) groups is 1. The Kier molecular flexibility index (Phi) is 3.26. The number of amides is 1. The SMILES string of the molecule is NC(=O)c1nc(Sc2ccc(F)cc2F)nc2[nH]ncc12. The normalized spacial score (nSPS) is 11.0. The van der Waals surface area contributed by atoms with Crippen LogP contribution >= 0.6 is 11.8 Å². The number of primary amides is 1. The molecule has 0 unspecified atom stereocenters. The lowest BCUT2D eigenvalue weighted by Crippen LogP contribution is -2.14. The van der Waals surface area contributed by atoms with Gasteiger partial charge < -0.3 is 5.73 Å². The molecule has 0 saturated carbocycles. The number of nitrogens with two attached hydrogens (primary N) is 1. The molecule has 2 aromatic heterocycles. The maximum absolute atomic E-state index is 13.6. The highest BCUT2D eigenvalue weighted by molar-refractivity contribution is 7.99. The molecule has 2 heterocycles. The van der Waals surface area contributed by atoms with Gasteiger partial charge in [0.2, 0.25) is 0 Å². The van der Waals surface area contributed by atoms with Crippen molar-refractivity contribution in [1.29, 1.82) is 0 Å². The molecule has 0 radical (unpaired) electrons. The van der Waals surface area contributed by atoms with Crippen molar-refractivity contribution in [2.75, 3.05) is 0 Å². The number of fused-ring (bicyclic) bond motifs is 1. The van der Waals surface area contributed by atoms with E-state index in [2.05, 4.69) is 20.2 Å². The van der Waals surface area contributed by atoms with E-state index in [9.17, 15) is 13.6 Å². The lowest BCUT2D eigenvalue weighted by atomic mass is 10.3. The minimum atomic E-state index is -0.745. The van der Waals surface area contributed by atoms with Crippen LogP contribution in [0.5, 0.6) is 0 Å². The molecule has 3 aromatic rings. The Morgan fingerprint density at radius 3 is 2.81 bits per heavy atom. The van der Waals surface area contributed by atoms with Crippen LogP contribution in [0.2, 0.25) is 0 Å². The van der Waals surface area contributed by atoms with E-state index in [-0.39, 0.29) is 15.7 Å². The molecule has 0 aliphatic heterocycles. The highest BCUT2D eigenvalue weighted by Gasteiger charge is 2.15. The maximum Gasteiger partial charge on any atom is 0.268 e. The van der Waals surface area contributed by atoms with Crippen molar-refractivity contribution >= 4 is 28.7 Å². The fourth-order valence-electron chi connectivity index (χ4n) is 1.70. The minimum absolute atomic E-state index is 0.0150. The molecule has 0 saturated heterocycles. The quantitative estimate of drug-likeness (QED) is 0.720. The molecule has 9 heteroatoms. The number of nitrogens with zero attached hydrogens (tertiary/aromatic N) is 3. The van der Waals surface area contributed by atoms with E-state index < -0.39 is 17.5 Å². The van der Waals surface area contributed by atoms with Crippen LogP contribution in [0.3, 0.4) is 0 Å². The molecule has 21 heavy (non-hydrogen) atoms. The number of aromatic nitrogens is 4. The van der Waals surface area contributed by atoms with Crippen LogP contribution in [0.25, 0.3) is 11.0 Å². The lowest BCUT2D eigenvalue weighted by Gasteiger charge is -2.04. The molecule has 106 valence electrons. The van der Waals surface area contributed by atoms with Crippen LogP contribution in [0.1, 0.15) is 10.5 Å². The molecule has 0 aliphatic carbocycles. The van der Waals surface area contributed by atoms with Crippen molar-refractivity contribution in [2.45, 2.75) is 10.1 Å². The van der Waals surface area contributed by atoms with Crippen LogP contribution < -0.4 is 5.73 Å². The van der Waals surface area contributed by atoms with Gasteiger partial charge in [0.25, 0.3) is 5.91 Å². The van der Waals surface area contributed by atoms with E-state index in [1.807, 2.05) is 0 Å². The number of hydrogen-bond acceptors (Lipinski definition) is 5. The first-order valence-corrected chi connectivity index (χ1v) is 6.50. The van der Waals surface area contributed by atoms with Crippen molar-refractivity contribution in [3.05, 3.63) is 41.7 Å². The van der Waals surface area contributed by atoms with E-state index in [0.717, 1.165) is 23.9 Å². The second-order valence-corrected chi connectivity index (χ2v) is 5.04. The molecular formula is C12H7F2N5OS. The van der Waals surface area contributed by atoms with E-state index in [1.165, 1.54) is 12.3 Å². The van der Waals surface area contributed by atoms with Crippen molar-refractivity contribution in [1.82, 2.24) is 20.2 Å². The third-order valence-corrected chi connectivity index (χ3v) is 3.53. The van der Waals surface area contributed by atoms with Gasteiger partial charge in [-0.15, -0.1) is 0 Å². The van der Waals surface area contributed by atoms with E-state index in [1.54, 1.807) is 0 Å². The van der Waals surface area contributed by atoms with Gasteiger partial charge in [-0.1, -0.05) is 0 Å². The third-order valence-electron chi connectivity index (χ3n) is 2.62. The van der Waals surface area contributed by atoms with Gasteiger partial charge in [-0.25, -0.2) is 18.7 Å². The number of hydrogen-bond donors (Lipinski definition) is 2. The Morgan fingerprint density at radius 2 is 2.10 bits per heavy atom. The van der Waals surface area contributed by atoms with Gasteiger partial charge in [0.1, 0.15) is 17.3 Å². The maximum atomic E-state index is 13.6. The minimum Gasteiger partial charge on any atom is -0.364 e. The first-order chi connectivity index (χ1) is 10.0. The fraction of sp³-hybridized carbons (Fsp3) is 0. The highest BCUT2D eigenvalue weighted by Crippen LogP contribution is 2.29. The monoisotopic (exact) mass is 307 g/mol. The summed E-state index contributed by atoms with van der Waals surface area (Å²) in [5.41, 5.74) is 5.54. The Morgan fingerprint density at radius 1 is 1.29 bits per heavy atom. The smallest absolute Gasteiger partial charge is 0.268 e. The second-order valence-electron chi connectivity index (χ2n) is 4.03. The zero-order chi connectivity index (χ0) is 15.0. The summed E-state index contributed by atoms with van der Waals surface area (Å²) in [5.74, 6) is -2.17. The number of carbonyl (C=O) groups excluding carboxylic acids is 1. The van der Waals surface area contributed by atoms with E-state index in [0.29, 0.717) is 11.0 Å². The lowest BCUT2D eigenvalue weighted by molar-refractivity contribution is 0.0996. The summed E-state index contributed by atoms with van der Waals surface area (Å²) in [7, 11) is 0. The molecule has 0 fully saturated rings. The average Bonchev–Trinajstić information content (AvgIpc) is 2.89. The topological polar surface area (TPSA) is 97.5 Å². The molecule has 3 N–H and O–H groups in total. The summed E-state index contributed by atoms with van der Waals surface area (Å²) in [5, 5.41) is 6.83. The Bertz CT molecular complexity index is 851. The molecule has 0 spiro atoms. The highest BCUT2D eigenvalue weighted by atomic mass is 32.2.